The third kappa shape index (κ3) is 4.10. The second kappa shape index (κ2) is 9.03. The van der Waals surface area contributed by atoms with E-state index in [2.05, 4.69) is 17.0 Å². The van der Waals surface area contributed by atoms with E-state index in [-0.39, 0.29) is 0 Å². The fourth-order valence-electron chi connectivity index (χ4n) is 3.59. The number of allylic oxidation sites excluding steroid dienone is 2. The zero-order chi connectivity index (χ0) is 20.1. The van der Waals surface area contributed by atoms with E-state index in [4.69, 9.17) is 15.5 Å². The number of hydrogen-bond acceptors (Lipinski definition) is 6. The highest BCUT2D eigenvalue weighted by molar-refractivity contribution is 5.82. The first-order valence-corrected chi connectivity index (χ1v) is 9.61. The van der Waals surface area contributed by atoms with Crippen LogP contribution in [0.2, 0.25) is 0 Å². The molecule has 1 saturated heterocycles. The summed E-state index contributed by atoms with van der Waals surface area (Å²) in [5.41, 5.74) is 11.1. The molecule has 28 heavy (non-hydrogen) atoms. The summed E-state index contributed by atoms with van der Waals surface area (Å²) in [4.78, 5) is 7.04. The van der Waals surface area contributed by atoms with Crippen molar-refractivity contribution < 1.29 is 4.74 Å². The Morgan fingerprint density at radius 2 is 2.32 bits per heavy atom. The van der Waals surface area contributed by atoms with Crippen molar-refractivity contribution in [3.05, 3.63) is 47.9 Å². The van der Waals surface area contributed by atoms with Crippen LogP contribution in [0.1, 0.15) is 35.6 Å². The van der Waals surface area contributed by atoms with Gasteiger partial charge in [0.25, 0.3) is 0 Å². The highest BCUT2D eigenvalue weighted by atomic mass is 16.5. The van der Waals surface area contributed by atoms with Crippen molar-refractivity contribution >= 4 is 23.1 Å². The molecule has 2 aromatic heterocycles. The normalized spacial score (nSPS) is 18.1. The zero-order valence-corrected chi connectivity index (χ0v) is 17.0. The molecule has 3 rings (SSSR count). The molecule has 2 aromatic rings. The Kier molecular flexibility index (Phi) is 6.49. The number of rotatable bonds is 7. The van der Waals surface area contributed by atoms with Gasteiger partial charge < -0.3 is 20.7 Å². The van der Waals surface area contributed by atoms with Crippen LogP contribution in [0.15, 0.2) is 31.1 Å². The quantitative estimate of drug-likeness (QED) is 0.716. The van der Waals surface area contributed by atoms with Crippen molar-refractivity contribution in [2.75, 3.05) is 46.6 Å². The highest BCUT2D eigenvalue weighted by Crippen LogP contribution is 2.32. The first-order valence-electron chi connectivity index (χ1n) is 9.61. The lowest BCUT2D eigenvalue weighted by molar-refractivity contribution is 0.234. The van der Waals surface area contributed by atoms with E-state index in [1.54, 1.807) is 17.8 Å². The molecule has 7 nitrogen and oxygen atoms in total. The number of anilines is 1. The zero-order valence-electron chi connectivity index (χ0n) is 17.0. The molecule has 1 atom stereocenters. The summed E-state index contributed by atoms with van der Waals surface area (Å²) in [5, 5.41) is 7.99. The van der Waals surface area contributed by atoms with Crippen LogP contribution in [0, 0.1) is 0 Å². The standard InChI is InChI=1S/C21H30N6O/c1-5-15(14-26(2)3)18-13-24-27-20(22)17(9-7-11-28-4)19(25-21(18)27)16-8-6-10-23-12-16/h5,7,9,13-14,16,23H,1,6,8,10-12,22H2,2-4H3/b9-7+,15-14+. The number of nitrogens with one attached hydrogen (secondary N) is 1. The molecule has 1 aliphatic rings. The largest absolute Gasteiger partial charge is 0.383 e. The lowest BCUT2D eigenvalue weighted by Gasteiger charge is -2.24. The van der Waals surface area contributed by atoms with Crippen LogP contribution >= 0.6 is 0 Å². The summed E-state index contributed by atoms with van der Waals surface area (Å²) in [6.07, 6.45) is 11.8. The van der Waals surface area contributed by atoms with Gasteiger partial charge in [-0.05, 0) is 19.4 Å². The molecular formula is C21H30N6O. The molecule has 1 unspecified atom stereocenters. The van der Waals surface area contributed by atoms with Crippen molar-refractivity contribution in [1.82, 2.24) is 24.8 Å². The maximum atomic E-state index is 6.56. The Hall–Kier alpha value is -2.64. The molecule has 1 aliphatic heterocycles. The number of nitrogen functional groups attached to an aromatic ring is 1. The summed E-state index contributed by atoms with van der Waals surface area (Å²) in [7, 11) is 5.64. The van der Waals surface area contributed by atoms with Crippen LogP contribution in [-0.4, -0.2) is 60.4 Å². The number of aromatic nitrogens is 3. The third-order valence-electron chi connectivity index (χ3n) is 4.91. The summed E-state index contributed by atoms with van der Waals surface area (Å²) in [6, 6.07) is 0. The summed E-state index contributed by atoms with van der Waals surface area (Å²) < 4.78 is 6.87. The van der Waals surface area contributed by atoms with Gasteiger partial charge in [0.1, 0.15) is 5.82 Å². The van der Waals surface area contributed by atoms with Gasteiger partial charge in [-0.25, -0.2) is 4.98 Å². The minimum absolute atomic E-state index is 0.316. The first-order chi connectivity index (χ1) is 13.6. The third-order valence-corrected chi connectivity index (χ3v) is 4.91. The van der Waals surface area contributed by atoms with Gasteiger partial charge in [0.05, 0.1) is 18.5 Å². The summed E-state index contributed by atoms with van der Waals surface area (Å²) in [6.45, 7) is 6.43. The topological polar surface area (TPSA) is 80.7 Å². The number of ether oxygens (including phenoxy) is 1. The van der Waals surface area contributed by atoms with E-state index in [1.165, 1.54) is 0 Å². The highest BCUT2D eigenvalue weighted by Gasteiger charge is 2.24. The molecule has 0 spiro atoms. The molecule has 0 bridgehead atoms. The predicted molar refractivity (Wildman–Crippen MR) is 115 cm³/mol. The van der Waals surface area contributed by atoms with Gasteiger partial charge in [-0.1, -0.05) is 24.8 Å². The van der Waals surface area contributed by atoms with E-state index < -0.39 is 0 Å². The molecule has 0 amide bonds. The van der Waals surface area contributed by atoms with E-state index in [0.29, 0.717) is 18.3 Å². The minimum Gasteiger partial charge on any atom is -0.383 e. The molecule has 1 fully saturated rings. The Morgan fingerprint density at radius 1 is 1.50 bits per heavy atom. The van der Waals surface area contributed by atoms with Crippen molar-refractivity contribution in [3.63, 3.8) is 0 Å². The number of piperidine rings is 1. The van der Waals surface area contributed by atoms with Gasteiger partial charge in [0.2, 0.25) is 0 Å². The van der Waals surface area contributed by atoms with Crippen LogP contribution < -0.4 is 11.1 Å². The maximum absolute atomic E-state index is 6.56. The Balaban J connectivity index is 2.19. The lowest BCUT2D eigenvalue weighted by atomic mass is 9.92. The number of fused-ring (bicyclic) bond motifs is 1. The lowest BCUT2D eigenvalue weighted by Crippen LogP contribution is -2.29. The smallest absolute Gasteiger partial charge is 0.165 e. The maximum Gasteiger partial charge on any atom is 0.165 e. The summed E-state index contributed by atoms with van der Waals surface area (Å²) >= 11 is 0. The van der Waals surface area contributed by atoms with Crippen LogP contribution in [0.5, 0.6) is 0 Å². The van der Waals surface area contributed by atoms with Gasteiger partial charge in [-0.2, -0.15) is 9.61 Å². The number of nitrogens with two attached hydrogens (primary N) is 1. The van der Waals surface area contributed by atoms with Gasteiger partial charge >= 0.3 is 0 Å². The van der Waals surface area contributed by atoms with E-state index in [0.717, 1.165) is 54.0 Å². The summed E-state index contributed by atoms with van der Waals surface area (Å²) in [5.74, 6) is 0.911. The molecule has 150 valence electrons. The van der Waals surface area contributed by atoms with E-state index in [9.17, 15) is 0 Å². The van der Waals surface area contributed by atoms with Gasteiger partial charge in [-0.3, -0.25) is 0 Å². The van der Waals surface area contributed by atoms with E-state index >= 15 is 0 Å². The Morgan fingerprint density at radius 3 is 2.96 bits per heavy atom. The molecule has 3 N–H and O–H groups in total. The number of hydrogen-bond donors (Lipinski definition) is 2. The molecule has 3 heterocycles. The molecule has 0 saturated carbocycles. The fourth-order valence-corrected chi connectivity index (χ4v) is 3.59. The minimum atomic E-state index is 0.316. The van der Waals surface area contributed by atoms with Crippen molar-refractivity contribution in [3.8, 4) is 0 Å². The first kappa shape index (κ1) is 20.1. The Bertz CT molecular complexity index is 890. The number of nitrogens with zero attached hydrogens (tertiary/aromatic N) is 4. The molecule has 0 aromatic carbocycles. The number of methoxy groups -OCH3 is 1. The van der Waals surface area contributed by atoms with E-state index in [1.807, 2.05) is 43.4 Å². The SMILES string of the molecule is C=C/C(=C\N(C)C)c1cnn2c(N)c(/C=C/COC)c(C3CCCNC3)nc12. The predicted octanol–water partition coefficient (Wildman–Crippen LogP) is 2.53. The van der Waals surface area contributed by atoms with Crippen molar-refractivity contribution in [2.45, 2.75) is 18.8 Å². The van der Waals surface area contributed by atoms with Gasteiger partial charge in [-0.15, -0.1) is 0 Å². The average molecular weight is 383 g/mol. The van der Waals surface area contributed by atoms with Crippen LogP contribution in [0.4, 0.5) is 5.82 Å². The Labute approximate surface area is 166 Å². The molecule has 0 radical (unpaired) electrons. The van der Waals surface area contributed by atoms with Gasteiger partial charge in [0.15, 0.2) is 5.65 Å². The average Bonchev–Trinajstić information content (AvgIpc) is 3.12. The van der Waals surface area contributed by atoms with Crippen molar-refractivity contribution in [1.29, 1.82) is 0 Å². The molecular weight excluding hydrogens is 352 g/mol. The van der Waals surface area contributed by atoms with Crippen LogP contribution in [0.3, 0.4) is 0 Å². The van der Waals surface area contributed by atoms with Gasteiger partial charge in [0, 0.05) is 56.6 Å². The molecule has 7 heteroatoms. The second-order valence-electron chi connectivity index (χ2n) is 7.24. The van der Waals surface area contributed by atoms with Crippen LogP contribution in [-0.2, 0) is 4.74 Å². The monoisotopic (exact) mass is 382 g/mol. The van der Waals surface area contributed by atoms with Crippen LogP contribution in [0.25, 0.3) is 17.3 Å². The molecule has 0 aliphatic carbocycles. The second-order valence-corrected chi connectivity index (χ2v) is 7.24. The van der Waals surface area contributed by atoms with Crippen molar-refractivity contribution in [2.24, 2.45) is 0 Å². The fraction of sp³-hybridized carbons (Fsp3) is 0.429.